The molecule has 0 aromatic heterocycles. The van der Waals surface area contributed by atoms with Gasteiger partial charge in [0.25, 0.3) is 0 Å². The molecule has 1 aliphatic carbocycles. The first-order valence-corrected chi connectivity index (χ1v) is 7.62. The summed E-state index contributed by atoms with van der Waals surface area (Å²) in [4.78, 5) is 0. The van der Waals surface area contributed by atoms with Crippen LogP contribution < -0.4 is 5.32 Å². The van der Waals surface area contributed by atoms with Crippen LogP contribution in [0.1, 0.15) is 46.1 Å². The average molecular weight is 310 g/mol. The van der Waals surface area contributed by atoms with Crippen molar-refractivity contribution < 1.29 is 0 Å². The summed E-state index contributed by atoms with van der Waals surface area (Å²) in [6, 6.07) is 9.44. The molecule has 0 saturated heterocycles. The van der Waals surface area contributed by atoms with E-state index in [0.29, 0.717) is 16.9 Å². The highest BCUT2D eigenvalue weighted by atomic mass is 79.9. The summed E-state index contributed by atoms with van der Waals surface area (Å²) in [5, 5.41) is 3.63. The molecule has 100 valence electrons. The van der Waals surface area contributed by atoms with Crippen LogP contribution in [-0.2, 0) is 5.41 Å². The van der Waals surface area contributed by atoms with Crippen molar-refractivity contribution in [2.75, 3.05) is 6.54 Å². The molecule has 1 aromatic carbocycles. The minimum absolute atomic E-state index is 0.342. The van der Waals surface area contributed by atoms with Crippen molar-refractivity contribution in [3.8, 4) is 0 Å². The van der Waals surface area contributed by atoms with E-state index >= 15 is 0 Å². The number of hydrogen-bond acceptors (Lipinski definition) is 1. The van der Waals surface area contributed by atoms with Gasteiger partial charge in [-0.2, -0.15) is 0 Å². The first-order chi connectivity index (χ1) is 8.33. The number of benzene rings is 1. The standard InChI is InChI=1S/C16H24BrN/c1-12(2)18-11-16(9-15(3,4)10-16)13-5-7-14(17)8-6-13/h5-8,12,18H,9-11H2,1-4H3. The Labute approximate surface area is 119 Å². The summed E-state index contributed by atoms with van der Waals surface area (Å²) < 4.78 is 1.16. The van der Waals surface area contributed by atoms with Gasteiger partial charge in [0.05, 0.1) is 0 Å². The van der Waals surface area contributed by atoms with Crippen LogP contribution in [0.25, 0.3) is 0 Å². The third kappa shape index (κ3) is 2.97. The first-order valence-electron chi connectivity index (χ1n) is 6.83. The van der Waals surface area contributed by atoms with E-state index in [1.165, 1.54) is 18.4 Å². The molecule has 0 amide bonds. The van der Waals surface area contributed by atoms with E-state index in [0.717, 1.165) is 11.0 Å². The molecule has 1 aromatic rings. The van der Waals surface area contributed by atoms with Crippen molar-refractivity contribution in [3.05, 3.63) is 34.3 Å². The second-order valence-electron chi connectivity index (χ2n) is 6.84. The quantitative estimate of drug-likeness (QED) is 0.863. The lowest BCUT2D eigenvalue weighted by Gasteiger charge is -2.54. The average Bonchev–Trinajstić information content (AvgIpc) is 2.24. The van der Waals surface area contributed by atoms with Crippen molar-refractivity contribution in [3.63, 3.8) is 0 Å². The minimum Gasteiger partial charge on any atom is -0.314 e. The van der Waals surface area contributed by atoms with Crippen LogP contribution >= 0.6 is 15.9 Å². The Morgan fingerprint density at radius 1 is 1.17 bits per heavy atom. The Kier molecular flexibility index (Phi) is 3.89. The van der Waals surface area contributed by atoms with Gasteiger partial charge >= 0.3 is 0 Å². The van der Waals surface area contributed by atoms with Crippen LogP contribution in [0.15, 0.2) is 28.7 Å². The zero-order chi connectivity index (χ0) is 13.4. The summed E-state index contributed by atoms with van der Waals surface area (Å²) in [6.45, 7) is 10.3. The van der Waals surface area contributed by atoms with Gasteiger partial charge in [0.2, 0.25) is 0 Å². The van der Waals surface area contributed by atoms with Crippen molar-refractivity contribution in [2.45, 2.75) is 52.0 Å². The van der Waals surface area contributed by atoms with Crippen LogP contribution in [0, 0.1) is 5.41 Å². The van der Waals surface area contributed by atoms with Crippen LogP contribution in [-0.4, -0.2) is 12.6 Å². The molecule has 0 heterocycles. The lowest BCUT2D eigenvalue weighted by Crippen LogP contribution is -2.53. The Balaban J connectivity index is 2.18. The van der Waals surface area contributed by atoms with Crippen LogP contribution in [0.3, 0.4) is 0 Å². The summed E-state index contributed by atoms with van der Waals surface area (Å²) >= 11 is 3.52. The molecule has 0 aliphatic heterocycles. The minimum atomic E-state index is 0.342. The maximum Gasteiger partial charge on any atom is 0.0175 e. The van der Waals surface area contributed by atoms with Crippen molar-refractivity contribution in [1.29, 1.82) is 0 Å². The van der Waals surface area contributed by atoms with Gasteiger partial charge in [-0.25, -0.2) is 0 Å². The fourth-order valence-electron chi connectivity index (χ4n) is 3.41. The van der Waals surface area contributed by atoms with E-state index in [4.69, 9.17) is 0 Å². The molecule has 0 unspecified atom stereocenters. The van der Waals surface area contributed by atoms with Crippen LogP contribution in [0.5, 0.6) is 0 Å². The molecular weight excluding hydrogens is 286 g/mol. The number of nitrogens with one attached hydrogen (secondary N) is 1. The van der Waals surface area contributed by atoms with E-state index in [1.54, 1.807) is 0 Å². The highest BCUT2D eigenvalue weighted by Crippen LogP contribution is 2.55. The Morgan fingerprint density at radius 2 is 1.72 bits per heavy atom. The molecule has 1 aliphatic rings. The molecule has 0 radical (unpaired) electrons. The lowest BCUT2D eigenvalue weighted by atomic mass is 9.52. The second-order valence-corrected chi connectivity index (χ2v) is 7.76. The number of rotatable bonds is 4. The first kappa shape index (κ1) is 14.1. The Morgan fingerprint density at radius 3 is 2.17 bits per heavy atom. The number of halogens is 1. The Hall–Kier alpha value is -0.340. The van der Waals surface area contributed by atoms with E-state index in [9.17, 15) is 0 Å². The maximum atomic E-state index is 3.63. The molecule has 1 N–H and O–H groups in total. The van der Waals surface area contributed by atoms with Gasteiger partial charge in [-0.05, 0) is 36.0 Å². The van der Waals surface area contributed by atoms with Crippen molar-refractivity contribution in [1.82, 2.24) is 5.32 Å². The van der Waals surface area contributed by atoms with Gasteiger partial charge < -0.3 is 5.32 Å². The third-order valence-corrected chi connectivity index (χ3v) is 4.47. The molecular formula is C16H24BrN. The molecule has 0 atom stereocenters. The Bertz CT molecular complexity index is 398. The van der Waals surface area contributed by atoms with Crippen molar-refractivity contribution in [2.24, 2.45) is 5.41 Å². The largest absolute Gasteiger partial charge is 0.314 e. The van der Waals surface area contributed by atoms with E-state index in [2.05, 4.69) is 73.2 Å². The summed E-state index contributed by atoms with van der Waals surface area (Å²) in [6.07, 6.45) is 2.56. The second kappa shape index (κ2) is 4.97. The van der Waals surface area contributed by atoms with Gasteiger partial charge in [-0.1, -0.05) is 55.8 Å². The zero-order valence-electron chi connectivity index (χ0n) is 11.9. The zero-order valence-corrected chi connectivity index (χ0v) is 13.5. The van der Waals surface area contributed by atoms with Gasteiger partial charge in [0, 0.05) is 22.5 Å². The summed E-state index contributed by atoms with van der Waals surface area (Å²) in [5.74, 6) is 0. The smallest absolute Gasteiger partial charge is 0.0175 e. The van der Waals surface area contributed by atoms with Crippen molar-refractivity contribution >= 4 is 15.9 Å². The predicted molar refractivity (Wildman–Crippen MR) is 82.0 cm³/mol. The fourth-order valence-corrected chi connectivity index (χ4v) is 3.68. The molecule has 1 fully saturated rings. The summed E-state index contributed by atoms with van der Waals surface area (Å²) in [7, 11) is 0. The van der Waals surface area contributed by atoms with Gasteiger partial charge in [0.15, 0.2) is 0 Å². The molecule has 1 nitrogen and oxygen atoms in total. The highest BCUT2D eigenvalue weighted by Gasteiger charge is 2.49. The molecule has 2 heteroatoms. The maximum absolute atomic E-state index is 3.63. The molecule has 2 rings (SSSR count). The van der Waals surface area contributed by atoms with Gasteiger partial charge in [0.1, 0.15) is 0 Å². The fraction of sp³-hybridized carbons (Fsp3) is 0.625. The normalized spacial score (nSPS) is 20.8. The van der Waals surface area contributed by atoms with Crippen LogP contribution in [0.2, 0.25) is 0 Å². The summed E-state index contributed by atoms with van der Waals surface area (Å²) in [5.41, 5.74) is 2.32. The van der Waals surface area contributed by atoms with Gasteiger partial charge in [-0.15, -0.1) is 0 Å². The molecule has 0 bridgehead atoms. The molecule has 0 spiro atoms. The van der Waals surface area contributed by atoms with Gasteiger partial charge in [-0.3, -0.25) is 0 Å². The highest BCUT2D eigenvalue weighted by molar-refractivity contribution is 9.10. The number of hydrogen-bond donors (Lipinski definition) is 1. The SMILES string of the molecule is CC(C)NCC1(c2ccc(Br)cc2)CC(C)(C)C1. The molecule has 1 saturated carbocycles. The van der Waals surface area contributed by atoms with E-state index in [-0.39, 0.29) is 0 Å². The molecule has 18 heavy (non-hydrogen) atoms. The lowest BCUT2D eigenvalue weighted by molar-refractivity contribution is 0.0548. The third-order valence-electron chi connectivity index (χ3n) is 3.94. The van der Waals surface area contributed by atoms with Crippen LogP contribution in [0.4, 0.5) is 0 Å². The topological polar surface area (TPSA) is 12.0 Å². The van der Waals surface area contributed by atoms with E-state index in [1.807, 2.05) is 0 Å². The predicted octanol–water partition coefficient (Wildman–Crippen LogP) is 4.50. The monoisotopic (exact) mass is 309 g/mol. The van der Waals surface area contributed by atoms with E-state index < -0.39 is 0 Å².